The number of benzene rings is 2. The van der Waals surface area contributed by atoms with Crippen LogP contribution in [-0.4, -0.2) is 29.9 Å². The first-order valence-electron chi connectivity index (χ1n) is 8.10. The summed E-state index contributed by atoms with van der Waals surface area (Å²) in [7, 11) is 1.60. The minimum Gasteiger partial charge on any atom is -0.497 e. The van der Waals surface area contributed by atoms with Gasteiger partial charge >= 0.3 is 0 Å². The number of rotatable bonds is 5. The molecule has 1 atom stereocenters. The minimum absolute atomic E-state index is 0.201. The van der Waals surface area contributed by atoms with Crippen LogP contribution in [0.3, 0.4) is 0 Å². The van der Waals surface area contributed by atoms with E-state index in [1.54, 1.807) is 26.2 Å². The van der Waals surface area contributed by atoms with Crippen LogP contribution < -0.4 is 15.0 Å². The Morgan fingerprint density at radius 2 is 1.92 bits per heavy atom. The fraction of sp³-hybridized carbons (Fsp3) is 0.211. The zero-order valence-corrected chi connectivity index (χ0v) is 15.5. The highest BCUT2D eigenvalue weighted by Crippen LogP contribution is 2.29. The predicted octanol–water partition coefficient (Wildman–Crippen LogP) is 3.69. The van der Waals surface area contributed by atoms with Crippen LogP contribution in [0.4, 0.5) is 10.8 Å². The monoisotopic (exact) mass is 369 g/mol. The number of methoxy groups -OCH3 is 1. The highest BCUT2D eigenvalue weighted by molar-refractivity contribution is 7.22. The largest absolute Gasteiger partial charge is 0.497 e. The second kappa shape index (κ2) is 7.53. The number of ether oxygens (including phenoxy) is 1. The molecule has 6 nitrogen and oxygen atoms in total. The lowest BCUT2D eigenvalue weighted by molar-refractivity contribution is -0.122. The average molecular weight is 369 g/mol. The third kappa shape index (κ3) is 3.67. The topological polar surface area (TPSA) is 71.5 Å². The summed E-state index contributed by atoms with van der Waals surface area (Å²) in [6.45, 7) is 3.14. The zero-order chi connectivity index (χ0) is 18.7. The number of carbonyl (C=O) groups excluding carboxylic acids is 2. The van der Waals surface area contributed by atoms with E-state index in [2.05, 4.69) is 10.3 Å². The molecule has 134 valence electrons. The van der Waals surface area contributed by atoms with Gasteiger partial charge in [0.1, 0.15) is 11.8 Å². The van der Waals surface area contributed by atoms with Gasteiger partial charge in [-0.1, -0.05) is 29.5 Å². The quantitative estimate of drug-likeness (QED) is 0.745. The molecular formula is C19H19N3O3S. The number of nitrogens with one attached hydrogen (secondary N) is 1. The minimum atomic E-state index is -0.670. The molecule has 1 N–H and O–H groups in total. The number of thiazole rings is 1. The standard InChI is InChI=1S/C19H19N3O3S/c1-12(22(13(2)23)14-7-5-4-6-8-14)18(24)21-19-20-16-10-9-15(25-3)11-17(16)26-19/h4-12H,1-3H3,(H,20,21,24). The van der Waals surface area contributed by atoms with E-state index in [1.807, 2.05) is 36.4 Å². The number of anilines is 2. The number of carbonyl (C=O) groups is 2. The van der Waals surface area contributed by atoms with Gasteiger partial charge in [0.05, 0.1) is 17.3 Å². The second-order valence-corrected chi connectivity index (χ2v) is 6.77. The molecule has 0 fully saturated rings. The smallest absolute Gasteiger partial charge is 0.249 e. The lowest BCUT2D eigenvalue weighted by atomic mass is 10.2. The molecule has 0 aliphatic carbocycles. The summed E-state index contributed by atoms with van der Waals surface area (Å²) >= 11 is 1.36. The maximum absolute atomic E-state index is 12.7. The van der Waals surface area contributed by atoms with E-state index in [-0.39, 0.29) is 11.8 Å². The van der Waals surface area contributed by atoms with Crippen molar-refractivity contribution in [2.45, 2.75) is 19.9 Å². The van der Waals surface area contributed by atoms with Crippen LogP contribution in [0.2, 0.25) is 0 Å². The van der Waals surface area contributed by atoms with Gasteiger partial charge in [0.2, 0.25) is 11.8 Å². The van der Waals surface area contributed by atoms with Crippen molar-refractivity contribution >= 4 is 44.2 Å². The lowest BCUT2D eigenvalue weighted by Crippen LogP contribution is -2.44. The van der Waals surface area contributed by atoms with Crippen LogP contribution in [0.1, 0.15) is 13.8 Å². The van der Waals surface area contributed by atoms with Gasteiger partial charge in [-0.15, -0.1) is 0 Å². The highest BCUT2D eigenvalue weighted by Gasteiger charge is 2.25. The van der Waals surface area contributed by atoms with Crippen molar-refractivity contribution < 1.29 is 14.3 Å². The first-order chi connectivity index (χ1) is 12.5. The van der Waals surface area contributed by atoms with Crippen molar-refractivity contribution in [3.63, 3.8) is 0 Å². The maximum Gasteiger partial charge on any atom is 0.249 e. The Hall–Kier alpha value is -2.93. The Bertz CT molecular complexity index is 940. The molecular weight excluding hydrogens is 350 g/mol. The number of amides is 2. The number of fused-ring (bicyclic) bond motifs is 1. The molecule has 2 amide bonds. The Kier molecular flexibility index (Phi) is 5.18. The lowest BCUT2D eigenvalue weighted by Gasteiger charge is -2.27. The molecule has 0 bridgehead atoms. The molecule has 0 spiro atoms. The summed E-state index contributed by atoms with van der Waals surface area (Å²) in [5, 5.41) is 3.30. The van der Waals surface area contributed by atoms with Gasteiger partial charge in [0.15, 0.2) is 5.13 Å². The third-order valence-electron chi connectivity index (χ3n) is 3.97. The van der Waals surface area contributed by atoms with E-state index in [0.717, 1.165) is 16.0 Å². The number of hydrogen-bond acceptors (Lipinski definition) is 5. The van der Waals surface area contributed by atoms with Crippen LogP contribution in [0.5, 0.6) is 5.75 Å². The molecule has 3 aromatic rings. The molecule has 7 heteroatoms. The van der Waals surface area contributed by atoms with Gasteiger partial charge in [0.25, 0.3) is 0 Å². The Labute approximate surface area is 155 Å². The normalized spacial score (nSPS) is 11.8. The van der Waals surface area contributed by atoms with Crippen molar-refractivity contribution in [2.75, 3.05) is 17.3 Å². The summed E-state index contributed by atoms with van der Waals surface area (Å²) in [6, 6.07) is 14.0. The van der Waals surface area contributed by atoms with E-state index in [1.165, 1.54) is 23.2 Å². The van der Waals surface area contributed by atoms with Crippen LogP contribution in [-0.2, 0) is 9.59 Å². The molecule has 0 aliphatic rings. The molecule has 0 radical (unpaired) electrons. The summed E-state index contributed by atoms with van der Waals surface area (Å²) in [4.78, 5) is 30.6. The van der Waals surface area contributed by atoms with E-state index >= 15 is 0 Å². The number of nitrogens with zero attached hydrogens (tertiary/aromatic N) is 2. The molecule has 0 aliphatic heterocycles. The molecule has 0 saturated carbocycles. The van der Waals surface area contributed by atoms with Crippen LogP contribution in [0.25, 0.3) is 10.2 Å². The van der Waals surface area contributed by atoms with Crippen molar-refractivity contribution in [1.29, 1.82) is 0 Å². The van der Waals surface area contributed by atoms with E-state index in [4.69, 9.17) is 4.74 Å². The Morgan fingerprint density at radius 1 is 1.19 bits per heavy atom. The number of para-hydroxylation sites is 1. The second-order valence-electron chi connectivity index (χ2n) is 5.74. The molecule has 0 saturated heterocycles. The van der Waals surface area contributed by atoms with Crippen LogP contribution >= 0.6 is 11.3 Å². The first kappa shape index (κ1) is 17.9. The first-order valence-corrected chi connectivity index (χ1v) is 8.91. The summed E-state index contributed by atoms with van der Waals surface area (Å²) < 4.78 is 6.12. The Morgan fingerprint density at radius 3 is 2.58 bits per heavy atom. The van der Waals surface area contributed by atoms with Crippen molar-refractivity contribution in [2.24, 2.45) is 0 Å². The fourth-order valence-electron chi connectivity index (χ4n) is 2.68. The van der Waals surface area contributed by atoms with Gasteiger partial charge in [-0.3, -0.25) is 9.59 Å². The van der Waals surface area contributed by atoms with Crippen molar-refractivity contribution in [1.82, 2.24) is 4.98 Å². The number of aromatic nitrogens is 1. The molecule has 1 heterocycles. The molecule has 2 aromatic carbocycles. The predicted molar refractivity (Wildman–Crippen MR) is 104 cm³/mol. The Balaban J connectivity index is 1.81. The highest BCUT2D eigenvalue weighted by atomic mass is 32.1. The van der Waals surface area contributed by atoms with Crippen LogP contribution in [0, 0.1) is 0 Å². The fourth-order valence-corrected chi connectivity index (χ4v) is 3.58. The van der Waals surface area contributed by atoms with Crippen molar-refractivity contribution in [3.05, 3.63) is 48.5 Å². The van der Waals surface area contributed by atoms with E-state index in [0.29, 0.717) is 10.8 Å². The summed E-state index contributed by atoms with van der Waals surface area (Å²) in [5.74, 6) is 0.238. The zero-order valence-electron chi connectivity index (χ0n) is 14.7. The van der Waals surface area contributed by atoms with Gasteiger partial charge in [-0.25, -0.2) is 4.98 Å². The summed E-state index contributed by atoms with van der Waals surface area (Å²) in [6.07, 6.45) is 0. The van der Waals surface area contributed by atoms with Crippen LogP contribution in [0.15, 0.2) is 48.5 Å². The van der Waals surface area contributed by atoms with Gasteiger partial charge in [0, 0.05) is 12.6 Å². The molecule has 26 heavy (non-hydrogen) atoms. The SMILES string of the molecule is COc1ccc2nc(NC(=O)C(C)N(C(C)=O)c3ccccc3)sc2c1. The maximum atomic E-state index is 12.7. The third-order valence-corrected chi connectivity index (χ3v) is 4.90. The molecule has 1 unspecified atom stereocenters. The number of hydrogen-bond donors (Lipinski definition) is 1. The van der Waals surface area contributed by atoms with E-state index in [9.17, 15) is 9.59 Å². The van der Waals surface area contributed by atoms with Crippen molar-refractivity contribution in [3.8, 4) is 5.75 Å². The molecule has 1 aromatic heterocycles. The molecule has 3 rings (SSSR count). The van der Waals surface area contributed by atoms with Gasteiger partial charge in [-0.05, 0) is 37.3 Å². The van der Waals surface area contributed by atoms with Gasteiger partial charge in [-0.2, -0.15) is 0 Å². The van der Waals surface area contributed by atoms with Gasteiger partial charge < -0.3 is 15.0 Å². The average Bonchev–Trinajstić information content (AvgIpc) is 3.03. The summed E-state index contributed by atoms with van der Waals surface area (Å²) in [5.41, 5.74) is 1.46. The van der Waals surface area contributed by atoms with E-state index < -0.39 is 6.04 Å².